The van der Waals surface area contributed by atoms with Crippen molar-refractivity contribution in [3.63, 3.8) is 0 Å². The molecule has 0 radical (unpaired) electrons. The van der Waals surface area contributed by atoms with Crippen molar-refractivity contribution in [1.29, 1.82) is 0 Å². The summed E-state index contributed by atoms with van der Waals surface area (Å²) in [6.45, 7) is 0.410. The molecular weight excluding hydrogens is 350 g/mol. The lowest BCUT2D eigenvalue weighted by molar-refractivity contribution is -0.153. The van der Waals surface area contributed by atoms with E-state index in [0.717, 1.165) is 5.56 Å². The van der Waals surface area contributed by atoms with Gasteiger partial charge in [-0.1, -0.05) is 12.1 Å². The van der Waals surface area contributed by atoms with Crippen molar-refractivity contribution in [1.82, 2.24) is 4.90 Å². The van der Waals surface area contributed by atoms with E-state index >= 15 is 0 Å². The number of likely N-dealkylation sites (tertiary alicyclic amines) is 1. The van der Waals surface area contributed by atoms with Gasteiger partial charge >= 0.3 is 5.97 Å². The summed E-state index contributed by atoms with van der Waals surface area (Å²) in [5.41, 5.74) is 0.404. The zero-order chi connectivity index (χ0) is 19.6. The van der Waals surface area contributed by atoms with Gasteiger partial charge in [-0.25, -0.2) is 0 Å². The average Bonchev–Trinajstić information content (AvgIpc) is 2.96. The van der Waals surface area contributed by atoms with Crippen LogP contribution in [0.5, 0.6) is 11.5 Å². The van der Waals surface area contributed by atoms with Crippen molar-refractivity contribution in [3.8, 4) is 11.5 Å². The van der Waals surface area contributed by atoms with E-state index in [1.165, 1.54) is 7.11 Å². The molecule has 1 fully saturated rings. The largest absolute Gasteiger partial charge is 0.493 e. The first-order valence-corrected chi connectivity index (χ1v) is 8.77. The molecular formula is C20H23NO6. The number of amides is 1. The SMILES string of the molecule is COC(=O)[C@@]12CC(=O)CC=C1N(CCc1ccc(OC)c(OC)c1)C(=O)C2. The smallest absolute Gasteiger partial charge is 0.318 e. The second-order valence-corrected chi connectivity index (χ2v) is 6.74. The lowest BCUT2D eigenvalue weighted by Crippen LogP contribution is -2.38. The molecule has 27 heavy (non-hydrogen) atoms. The summed E-state index contributed by atoms with van der Waals surface area (Å²) in [5.74, 6) is 0.509. The molecule has 1 atom stereocenters. The Morgan fingerprint density at radius 1 is 1.11 bits per heavy atom. The molecule has 0 aromatic heterocycles. The van der Waals surface area contributed by atoms with Crippen molar-refractivity contribution in [3.05, 3.63) is 35.5 Å². The van der Waals surface area contributed by atoms with Gasteiger partial charge < -0.3 is 19.1 Å². The predicted molar refractivity (Wildman–Crippen MR) is 96.4 cm³/mol. The lowest BCUT2D eigenvalue weighted by Gasteiger charge is -2.31. The number of nitrogens with zero attached hydrogens (tertiary/aromatic N) is 1. The number of hydrogen-bond acceptors (Lipinski definition) is 6. The average molecular weight is 373 g/mol. The number of carbonyl (C=O) groups excluding carboxylic acids is 3. The fraction of sp³-hybridized carbons (Fsp3) is 0.450. The highest BCUT2D eigenvalue weighted by Gasteiger charge is 2.56. The van der Waals surface area contributed by atoms with E-state index in [2.05, 4.69) is 0 Å². The van der Waals surface area contributed by atoms with Crippen LogP contribution < -0.4 is 9.47 Å². The third kappa shape index (κ3) is 3.29. The molecule has 1 aliphatic carbocycles. The summed E-state index contributed by atoms with van der Waals surface area (Å²) in [5, 5.41) is 0. The van der Waals surface area contributed by atoms with Gasteiger partial charge in [-0.05, 0) is 24.1 Å². The molecule has 3 rings (SSSR count). The van der Waals surface area contributed by atoms with E-state index in [4.69, 9.17) is 14.2 Å². The molecule has 7 heteroatoms. The number of carbonyl (C=O) groups is 3. The standard InChI is InChI=1S/C20H23NO6/c1-25-15-6-4-13(10-16(15)26-2)8-9-21-17-7-5-14(22)11-20(17,12-18(21)23)19(24)27-3/h4,6-7,10H,5,8-9,11-12H2,1-3H3/t20-/m1/s1. The van der Waals surface area contributed by atoms with Crippen LogP contribution in [0.1, 0.15) is 24.8 Å². The number of esters is 1. The molecule has 1 aliphatic heterocycles. The van der Waals surface area contributed by atoms with Gasteiger partial charge in [0.2, 0.25) is 5.91 Å². The Morgan fingerprint density at radius 3 is 2.52 bits per heavy atom. The monoisotopic (exact) mass is 373 g/mol. The van der Waals surface area contributed by atoms with Gasteiger partial charge in [0.1, 0.15) is 11.2 Å². The second kappa shape index (κ2) is 7.42. The first kappa shape index (κ1) is 18.9. The first-order chi connectivity index (χ1) is 12.9. The summed E-state index contributed by atoms with van der Waals surface area (Å²) in [7, 11) is 4.43. The normalized spacial score (nSPS) is 21.6. The molecule has 1 aromatic carbocycles. The molecule has 1 heterocycles. The molecule has 1 saturated heterocycles. The van der Waals surface area contributed by atoms with Gasteiger partial charge in [0.05, 0.1) is 21.3 Å². The van der Waals surface area contributed by atoms with Crippen LogP contribution in [0.3, 0.4) is 0 Å². The molecule has 0 bridgehead atoms. The van der Waals surface area contributed by atoms with Crippen molar-refractivity contribution < 1.29 is 28.6 Å². The summed E-state index contributed by atoms with van der Waals surface area (Å²) in [6, 6.07) is 5.59. The topological polar surface area (TPSA) is 82.1 Å². The van der Waals surface area contributed by atoms with Crippen LogP contribution in [0.4, 0.5) is 0 Å². The van der Waals surface area contributed by atoms with Crippen LogP contribution in [0.2, 0.25) is 0 Å². The Balaban J connectivity index is 1.82. The molecule has 0 N–H and O–H groups in total. The van der Waals surface area contributed by atoms with Gasteiger partial charge in [-0.15, -0.1) is 0 Å². The van der Waals surface area contributed by atoms with E-state index in [1.54, 1.807) is 25.2 Å². The van der Waals surface area contributed by atoms with Gasteiger partial charge in [0, 0.05) is 31.5 Å². The Labute approximate surface area is 157 Å². The zero-order valence-electron chi connectivity index (χ0n) is 15.7. The van der Waals surface area contributed by atoms with Crippen molar-refractivity contribution in [2.75, 3.05) is 27.9 Å². The predicted octanol–water partition coefficient (Wildman–Crippen LogP) is 1.88. The highest BCUT2D eigenvalue weighted by atomic mass is 16.5. The number of fused-ring (bicyclic) bond motifs is 1. The van der Waals surface area contributed by atoms with E-state index in [1.807, 2.05) is 18.2 Å². The fourth-order valence-electron chi connectivity index (χ4n) is 3.88. The molecule has 0 unspecified atom stereocenters. The van der Waals surface area contributed by atoms with Crippen LogP contribution in [0.15, 0.2) is 30.0 Å². The van der Waals surface area contributed by atoms with E-state index in [9.17, 15) is 14.4 Å². The quantitative estimate of drug-likeness (QED) is 0.708. The maximum Gasteiger partial charge on any atom is 0.318 e. The number of benzene rings is 1. The summed E-state index contributed by atoms with van der Waals surface area (Å²) in [6.07, 6.45) is 2.50. The van der Waals surface area contributed by atoms with Crippen LogP contribution >= 0.6 is 0 Å². The summed E-state index contributed by atoms with van der Waals surface area (Å²) < 4.78 is 15.5. The minimum Gasteiger partial charge on any atom is -0.493 e. The van der Waals surface area contributed by atoms with Gasteiger partial charge in [0.15, 0.2) is 11.5 Å². The van der Waals surface area contributed by atoms with Gasteiger partial charge in [0.25, 0.3) is 0 Å². The molecule has 1 amide bonds. The van der Waals surface area contributed by atoms with Crippen molar-refractivity contribution >= 4 is 17.7 Å². The summed E-state index contributed by atoms with van der Waals surface area (Å²) in [4.78, 5) is 38.6. The van der Waals surface area contributed by atoms with Gasteiger partial charge in [-0.3, -0.25) is 14.4 Å². The highest BCUT2D eigenvalue weighted by Crippen LogP contribution is 2.47. The minimum absolute atomic E-state index is 0.0180. The Bertz CT molecular complexity index is 815. The molecule has 144 valence electrons. The van der Waals surface area contributed by atoms with E-state index < -0.39 is 11.4 Å². The molecule has 1 aromatic rings. The number of hydrogen-bond donors (Lipinski definition) is 0. The highest BCUT2D eigenvalue weighted by molar-refractivity contribution is 6.00. The number of rotatable bonds is 6. The third-order valence-corrected chi connectivity index (χ3v) is 5.21. The number of ketones is 1. The number of methoxy groups -OCH3 is 3. The minimum atomic E-state index is -1.17. The van der Waals surface area contributed by atoms with Crippen molar-refractivity contribution in [2.45, 2.75) is 25.7 Å². The summed E-state index contributed by atoms with van der Waals surface area (Å²) >= 11 is 0. The Hall–Kier alpha value is -2.83. The number of Topliss-reactive ketones (excluding diaryl/α,β-unsaturated/α-hetero) is 1. The zero-order valence-corrected chi connectivity index (χ0v) is 15.7. The van der Waals surface area contributed by atoms with E-state index in [0.29, 0.717) is 30.2 Å². The van der Waals surface area contributed by atoms with Crippen LogP contribution in [0.25, 0.3) is 0 Å². The molecule has 0 spiro atoms. The third-order valence-electron chi connectivity index (χ3n) is 5.21. The van der Waals surface area contributed by atoms with Crippen LogP contribution in [0, 0.1) is 5.41 Å². The molecule has 2 aliphatic rings. The first-order valence-electron chi connectivity index (χ1n) is 8.77. The second-order valence-electron chi connectivity index (χ2n) is 6.74. The molecule has 7 nitrogen and oxygen atoms in total. The Kier molecular flexibility index (Phi) is 5.21. The maximum atomic E-state index is 12.6. The lowest BCUT2D eigenvalue weighted by atomic mass is 9.75. The van der Waals surface area contributed by atoms with Crippen LogP contribution in [-0.2, 0) is 25.5 Å². The maximum absolute atomic E-state index is 12.6. The fourth-order valence-corrected chi connectivity index (χ4v) is 3.88. The number of ether oxygens (including phenoxy) is 3. The van der Waals surface area contributed by atoms with Gasteiger partial charge in [-0.2, -0.15) is 0 Å². The van der Waals surface area contributed by atoms with Crippen molar-refractivity contribution in [2.24, 2.45) is 5.41 Å². The van der Waals surface area contributed by atoms with E-state index in [-0.39, 0.29) is 31.0 Å². The van der Waals surface area contributed by atoms with Crippen LogP contribution in [-0.4, -0.2) is 50.4 Å². The number of allylic oxidation sites excluding steroid dienone is 1. The molecule has 0 saturated carbocycles. The Morgan fingerprint density at radius 2 is 1.85 bits per heavy atom.